The van der Waals surface area contributed by atoms with Crippen LogP contribution < -0.4 is 5.32 Å². The number of hydrogen-bond donors (Lipinski definition) is 2. The standard InChI is InChI=1S/C11H16N2S2/c14-15-13-8-6-11(7-9-13)12-10-4-2-1-3-5-10/h1-5,11-12,14H,6-9H2. The third kappa shape index (κ3) is 3.33. The van der Waals surface area contributed by atoms with Crippen LogP contribution in [-0.4, -0.2) is 23.4 Å². The molecular weight excluding hydrogens is 224 g/mol. The highest BCUT2D eigenvalue weighted by Gasteiger charge is 2.18. The Bertz CT molecular complexity index is 284. The summed E-state index contributed by atoms with van der Waals surface area (Å²) in [4.78, 5) is 0. The second-order valence-corrected chi connectivity index (χ2v) is 4.96. The topological polar surface area (TPSA) is 15.3 Å². The molecule has 0 bridgehead atoms. The van der Waals surface area contributed by atoms with Gasteiger partial charge in [0.2, 0.25) is 0 Å². The van der Waals surface area contributed by atoms with Crippen molar-refractivity contribution < 1.29 is 0 Å². The molecule has 0 aliphatic carbocycles. The van der Waals surface area contributed by atoms with Gasteiger partial charge >= 0.3 is 0 Å². The molecule has 4 heteroatoms. The molecule has 1 aromatic rings. The summed E-state index contributed by atoms with van der Waals surface area (Å²) in [7, 11) is 1.55. The highest BCUT2D eigenvalue weighted by Crippen LogP contribution is 2.22. The summed E-state index contributed by atoms with van der Waals surface area (Å²) in [5.41, 5.74) is 1.23. The van der Waals surface area contributed by atoms with Crippen molar-refractivity contribution in [1.29, 1.82) is 0 Å². The molecule has 2 nitrogen and oxygen atoms in total. The molecule has 82 valence electrons. The summed E-state index contributed by atoms with van der Waals surface area (Å²) in [6, 6.07) is 11.1. The van der Waals surface area contributed by atoms with Gasteiger partial charge in [0.1, 0.15) is 0 Å². The number of rotatable bonds is 3. The molecule has 0 aromatic heterocycles. The Morgan fingerprint density at radius 3 is 2.47 bits per heavy atom. The lowest BCUT2D eigenvalue weighted by Crippen LogP contribution is -2.34. The fourth-order valence-corrected chi connectivity index (χ4v) is 2.72. The van der Waals surface area contributed by atoms with E-state index >= 15 is 0 Å². The van der Waals surface area contributed by atoms with Gasteiger partial charge in [0, 0.05) is 24.8 Å². The van der Waals surface area contributed by atoms with Crippen LogP contribution in [0.1, 0.15) is 12.8 Å². The first-order chi connectivity index (χ1) is 7.38. The van der Waals surface area contributed by atoms with E-state index in [0.29, 0.717) is 6.04 Å². The van der Waals surface area contributed by atoms with Gasteiger partial charge < -0.3 is 5.32 Å². The molecule has 1 N–H and O–H groups in total. The first-order valence-corrected chi connectivity index (χ1v) is 7.09. The van der Waals surface area contributed by atoms with Gasteiger partial charge in [-0.15, -0.1) is 0 Å². The highest BCUT2D eigenvalue weighted by atomic mass is 33.1. The fourth-order valence-electron chi connectivity index (χ4n) is 1.85. The largest absolute Gasteiger partial charge is 0.382 e. The minimum absolute atomic E-state index is 0.615. The lowest BCUT2D eigenvalue weighted by atomic mass is 10.1. The molecule has 2 rings (SSSR count). The molecule has 1 heterocycles. The molecule has 0 unspecified atom stereocenters. The first-order valence-electron chi connectivity index (χ1n) is 5.26. The monoisotopic (exact) mass is 240 g/mol. The van der Waals surface area contributed by atoms with Gasteiger partial charge in [-0.2, -0.15) is 0 Å². The number of para-hydroxylation sites is 1. The van der Waals surface area contributed by atoms with Crippen molar-refractivity contribution in [3.63, 3.8) is 0 Å². The number of nitrogens with zero attached hydrogens (tertiary/aromatic N) is 1. The number of nitrogens with one attached hydrogen (secondary N) is 1. The smallest absolute Gasteiger partial charge is 0.0342 e. The van der Waals surface area contributed by atoms with Gasteiger partial charge in [0.05, 0.1) is 0 Å². The molecule has 0 saturated carbocycles. The number of anilines is 1. The van der Waals surface area contributed by atoms with Crippen molar-refractivity contribution in [3.05, 3.63) is 30.3 Å². The van der Waals surface area contributed by atoms with Crippen LogP contribution >= 0.6 is 22.6 Å². The van der Waals surface area contributed by atoms with Crippen LogP contribution in [0.2, 0.25) is 0 Å². The lowest BCUT2D eigenvalue weighted by molar-refractivity contribution is 0.361. The molecule has 15 heavy (non-hydrogen) atoms. The summed E-state index contributed by atoms with van der Waals surface area (Å²) in [6.45, 7) is 2.25. The Labute approximate surface area is 100 Å². The summed E-state index contributed by atoms with van der Waals surface area (Å²) < 4.78 is 2.30. The summed E-state index contributed by atoms with van der Waals surface area (Å²) >= 11 is 4.21. The predicted molar refractivity (Wildman–Crippen MR) is 71.2 cm³/mol. The van der Waals surface area contributed by atoms with Crippen LogP contribution in [0.15, 0.2) is 30.3 Å². The summed E-state index contributed by atoms with van der Waals surface area (Å²) in [5, 5.41) is 3.56. The van der Waals surface area contributed by atoms with Gasteiger partial charge in [-0.25, -0.2) is 4.31 Å². The van der Waals surface area contributed by atoms with E-state index in [9.17, 15) is 0 Å². The normalized spacial score (nSPS) is 19.0. The first kappa shape index (κ1) is 11.2. The molecule has 1 aliphatic rings. The average molecular weight is 240 g/mol. The maximum atomic E-state index is 4.21. The number of hydrogen-bond acceptors (Lipinski definition) is 4. The zero-order valence-electron chi connectivity index (χ0n) is 8.60. The maximum Gasteiger partial charge on any atom is 0.0342 e. The van der Waals surface area contributed by atoms with Gasteiger partial charge in [-0.05, 0) is 36.0 Å². The fraction of sp³-hybridized carbons (Fsp3) is 0.455. The van der Waals surface area contributed by atoms with Crippen molar-refractivity contribution in [2.45, 2.75) is 18.9 Å². The van der Waals surface area contributed by atoms with E-state index < -0.39 is 0 Å². The van der Waals surface area contributed by atoms with Crippen molar-refractivity contribution in [3.8, 4) is 0 Å². The number of thiol groups is 1. The Balaban J connectivity index is 1.82. The second kappa shape index (κ2) is 5.68. The van der Waals surface area contributed by atoms with Crippen LogP contribution in [0.4, 0.5) is 5.69 Å². The highest BCUT2D eigenvalue weighted by molar-refractivity contribution is 8.67. The van der Waals surface area contributed by atoms with Crippen LogP contribution in [0.3, 0.4) is 0 Å². The molecule has 1 aromatic carbocycles. The minimum Gasteiger partial charge on any atom is -0.382 e. The Hall–Kier alpha value is -0.320. The summed E-state index contributed by atoms with van der Waals surface area (Å²) in [5.74, 6) is 0. The van der Waals surface area contributed by atoms with Crippen LogP contribution in [0.5, 0.6) is 0 Å². The molecule has 0 amide bonds. The van der Waals surface area contributed by atoms with E-state index in [1.807, 2.05) is 6.07 Å². The maximum absolute atomic E-state index is 4.21. The van der Waals surface area contributed by atoms with Crippen LogP contribution in [0, 0.1) is 0 Å². The Kier molecular flexibility index (Phi) is 4.23. The van der Waals surface area contributed by atoms with Gasteiger partial charge in [-0.1, -0.05) is 29.9 Å². The third-order valence-electron chi connectivity index (χ3n) is 2.71. The molecular formula is C11H16N2S2. The Morgan fingerprint density at radius 2 is 1.87 bits per heavy atom. The molecule has 0 radical (unpaired) electrons. The third-order valence-corrected chi connectivity index (χ3v) is 4.00. The van der Waals surface area contributed by atoms with E-state index in [-0.39, 0.29) is 0 Å². The van der Waals surface area contributed by atoms with E-state index in [0.717, 1.165) is 13.1 Å². The van der Waals surface area contributed by atoms with E-state index in [2.05, 4.69) is 45.5 Å². The second-order valence-electron chi connectivity index (χ2n) is 3.80. The van der Waals surface area contributed by atoms with E-state index in [4.69, 9.17) is 0 Å². The van der Waals surface area contributed by atoms with Gasteiger partial charge in [-0.3, -0.25) is 0 Å². The predicted octanol–water partition coefficient (Wildman–Crippen LogP) is 3.06. The average Bonchev–Trinajstić information content (AvgIpc) is 2.31. The molecule has 0 atom stereocenters. The van der Waals surface area contributed by atoms with Gasteiger partial charge in [0.15, 0.2) is 0 Å². The van der Waals surface area contributed by atoms with E-state index in [1.165, 1.54) is 18.5 Å². The zero-order chi connectivity index (χ0) is 10.5. The Morgan fingerprint density at radius 1 is 1.20 bits per heavy atom. The molecule has 0 spiro atoms. The summed E-state index contributed by atoms with van der Waals surface area (Å²) in [6.07, 6.45) is 2.39. The molecule has 1 aliphatic heterocycles. The van der Waals surface area contributed by atoms with Crippen molar-refractivity contribution in [2.75, 3.05) is 18.4 Å². The quantitative estimate of drug-likeness (QED) is 0.480. The lowest BCUT2D eigenvalue weighted by Gasteiger charge is -2.30. The zero-order valence-corrected chi connectivity index (χ0v) is 10.3. The van der Waals surface area contributed by atoms with E-state index in [1.54, 1.807) is 11.0 Å². The minimum atomic E-state index is 0.615. The molecule has 1 fully saturated rings. The van der Waals surface area contributed by atoms with Gasteiger partial charge in [0.25, 0.3) is 0 Å². The SMILES string of the molecule is SSN1CCC(Nc2ccccc2)CC1. The number of piperidine rings is 1. The number of benzene rings is 1. The van der Waals surface area contributed by atoms with Crippen molar-refractivity contribution in [1.82, 2.24) is 4.31 Å². The van der Waals surface area contributed by atoms with Crippen LogP contribution in [0.25, 0.3) is 0 Å². The molecule has 1 saturated heterocycles. The van der Waals surface area contributed by atoms with Crippen molar-refractivity contribution in [2.24, 2.45) is 0 Å². The van der Waals surface area contributed by atoms with Crippen molar-refractivity contribution >= 4 is 28.3 Å². The van der Waals surface area contributed by atoms with Crippen LogP contribution in [-0.2, 0) is 0 Å².